The average molecular weight is 204 g/mol. The van der Waals surface area contributed by atoms with Crippen LogP contribution in [0.2, 0.25) is 0 Å². The molecular weight excluding hydrogens is 196 g/mol. The molecular formula is C6H8N2O4S. The summed E-state index contributed by atoms with van der Waals surface area (Å²) in [4.78, 5) is 9.68. The summed E-state index contributed by atoms with van der Waals surface area (Å²) in [6, 6.07) is 1.04. The molecule has 0 fully saturated rings. The van der Waals surface area contributed by atoms with Crippen LogP contribution in [0, 0.1) is 10.1 Å². The summed E-state index contributed by atoms with van der Waals surface area (Å²) in [6.45, 7) is 0. The lowest BCUT2D eigenvalue weighted by molar-refractivity contribution is -0.391. The number of hydrogen-bond acceptors (Lipinski definition) is 4. The van der Waals surface area contributed by atoms with Crippen molar-refractivity contribution in [3.05, 3.63) is 22.4 Å². The van der Waals surface area contributed by atoms with Gasteiger partial charge in [0.1, 0.15) is 11.1 Å². The Morgan fingerprint density at radius 1 is 1.54 bits per heavy atom. The molecule has 1 aromatic heterocycles. The van der Waals surface area contributed by atoms with Crippen LogP contribution in [0.3, 0.4) is 0 Å². The highest BCUT2D eigenvalue weighted by molar-refractivity contribution is 7.90. The number of aryl methyl sites for hydroxylation is 1. The third kappa shape index (κ3) is 1.86. The van der Waals surface area contributed by atoms with E-state index in [2.05, 4.69) is 0 Å². The van der Waals surface area contributed by atoms with Gasteiger partial charge in [0, 0.05) is 6.26 Å². The second-order valence-electron chi connectivity index (χ2n) is 2.67. The van der Waals surface area contributed by atoms with E-state index in [0.29, 0.717) is 0 Å². The summed E-state index contributed by atoms with van der Waals surface area (Å²) in [5.74, 6) is -0.236. The molecule has 0 spiro atoms. The lowest BCUT2D eigenvalue weighted by Gasteiger charge is -1.91. The van der Waals surface area contributed by atoms with Gasteiger partial charge in [-0.15, -0.1) is 0 Å². The van der Waals surface area contributed by atoms with E-state index in [4.69, 9.17) is 0 Å². The maximum absolute atomic E-state index is 11.0. The molecule has 1 rings (SSSR count). The first-order valence-corrected chi connectivity index (χ1v) is 5.22. The first-order valence-electron chi connectivity index (χ1n) is 3.33. The average Bonchev–Trinajstić information content (AvgIpc) is 2.29. The van der Waals surface area contributed by atoms with Crippen molar-refractivity contribution in [3.63, 3.8) is 0 Å². The second kappa shape index (κ2) is 2.84. The minimum absolute atomic E-state index is 0.0401. The van der Waals surface area contributed by atoms with Crippen molar-refractivity contribution in [2.45, 2.75) is 4.90 Å². The number of nitrogens with zero attached hydrogens (tertiary/aromatic N) is 2. The molecule has 72 valence electrons. The van der Waals surface area contributed by atoms with E-state index in [1.165, 1.54) is 13.2 Å². The van der Waals surface area contributed by atoms with Crippen LogP contribution in [0.1, 0.15) is 0 Å². The van der Waals surface area contributed by atoms with E-state index in [0.717, 1.165) is 16.9 Å². The van der Waals surface area contributed by atoms with Crippen LogP contribution in [0.15, 0.2) is 17.2 Å². The molecule has 0 saturated heterocycles. The minimum atomic E-state index is -3.36. The van der Waals surface area contributed by atoms with Crippen LogP contribution < -0.4 is 0 Å². The highest BCUT2D eigenvalue weighted by Crippen LogP contribution is 2.18. The smallest absolute Gasteiger partial charge is 0.324 e. The van der Waals surface area contributed by atoms with E-state index in [9.17, 15) is 18.5 Å². The zero-order valence-electron chi connectivity index (χ0n) is 7.09. The number of hydrogen-bond donors (Lipinski definition) is 0. The maximum Gasteiger partial charge on any atom is 0.324 e. The summed E-state index contributed by atoms with van der Waals surface area (Å²) >= 11 is 0. The summed E-state index contributed by atoms with van der Waals surface area (Å²) in [7, 11) is -1.94. The van der Waals surface area contributed by atoms with Gasteiger partial charge in [-0.1, -0.05) is 0 Å². The van der Waals surface area contributed by atoms with Crippen LogP contribution in [0.4, 0.5) is 5.82 Å². The third-order valence-corrected chi connectivity index (χ3v) is 2.65. The molecule has 0 radical (unpaired) electrons. The fourth-order valence-corrected chi connectivity index (χ4v) is 1.58. The van der Waals surface area contributed by atoms with Gasteiger partial charge in [-0.2, -0.15) is 0 Å². The van der Waals surface area contributed by atoms with Gasteiger partial charge in [0.15, 0.2) is 9.84 Å². The van der Waals surface area contributed by atoms with E-state index in [1.54, 1.807) is 0 Å². The zero-order valence-corrected chi connectivity index (χ0v) is 7.91. The highest BCUT2D eigenvalue weighted by Gasteiger charge is 2.18. The van der Waals surface area contributed by atoms with E-state index >= 15 is 0 Å². The van der Waals surface area contributed by atoms with E-state index < -0.39 is 14.8 Å². The third-order valence-electron chi connectivity index (χ3n) is 1.57. The Morgan fingerprint density at radius 2 is 2.08 bits per heavy atom. The topological polar surface area (TPSA) is 82.2 Å². The van der Waals surface area contributed by atoms with Gasteiger partial charge in [-0.3, -0.25) is 0 Å². The Bertz CT molecular complexity index is 445. The van der Waals surface area contributed by atoms with Crippen LogP contribution in [0.25, 0.3) is 0 Å². The Labute approximate surface area is 74.9 Å². The van der Waals surface area contributed by atoms with Crippen LogP contribution >= 0.6 is 0 Å². The first kappa shape index (κ1) is 9.72. The lowest BCUT2D eigenvalue weighted by Crippen LogP contribution is -1.94. The number of aromatic nitrogens is 1. The molecule has 1 heterocycles. The van der Waals surface area contributed by atoms with Crippen molar-refractivity contribution in [1.29, 1.82) is 0 Å². The van der Waals surface area contributed by atoms with Crippen LogP contribution in [0.5, 0.6) is 0 Å². The molecule has 0 bridgehead atoms. The molecule has 6 nitrogen and oxygen atoms in total. The molecule has 0 unspecified atom stereocenters. The van der Waals surface area contributed by atoms with E-state index in [1.807, 2.05) is 0 Å². The Balaban J connectivity index is 3.33. The van der Waals surface area contributed by atoms with Crippen molar-refractivity contribution in [2.75, 3.05) is 6.26 Å². The zero-order chi connectivity index (χ0) is 10.2. The largest absolute Gasteiger partial charge is 0.358 e. The predicted molar refractivity (Wildman–Crippen MR) is 45.2 cm³/mol. The Morgan fingerprint density at radius 3 is 2.31 bits per heavy atom. The van der Waals surface area contributed by atoms with Crippen LogP contribution in [-0.4, -0.2) is 24.2 Å². The van der Waals surface area contributed by atoms with Crippen molar-refractivity contribution in [2.24, 2.45) is 7.05 Å². The van der Waals surface area contributed by atoms with Gasteiger partial charge >= 0.3 is 5.82 Å². The van der Waals surface area contributed by atoms with Gasteiger partial charge in [0.2, 0.25) is 0 Å². The summed E-state index contributed by atoms with van der Waals surface area (Å²) < 4.78 is 23.1. The fraction of sp³-hybridized carbons (Fsp3) is 0.333. The SMILES string of the molecule is Cn1cc(S(C)(=O)=O)cc1[N+](=O)[O-]. The quantitative estimate of drug-likeness (QED) is 0.513. The molecule has 1 aromatic rings. The molecule has 7 heteroatoms. The van der Waals surface area contributed by atoms with Gasteiger partial charge in [-0.05, 0) is 4.92 Å². The molecule has 0 atom stereocenters. The van der Waals surface area contributed by atoms with Gasteiger partial charge in [0.05, 0.1) is 13.1 Å². The Kier molecular flexibility index (Phi) is 2.12. The highest BCUT2D eigenvalue weighted by atomic mass is 32.2. The molecule has 0 amide bonds. The van der Waals surface area contributed by atoms with Crippen molar-refractivity contribution >= 4 is 15.7 Å². The maximum atomic E-state index is 11.0. The lowest BCUT2D eigenvalue weighted by atomic mass is 10.6. The summed E-state index contributed by atoms with van der Waals surface area (Å²) in [5.41, 5.74) is 0. The molecule has 0 N–H and O–H groups in total. The van der Waals surface area contributed by atoms with Gasteiger partial charge in [-0.25, -0.2) is 13.0 Å². The molecule has 0 aliphatic heterocycles. The molecule has 0 aliphatic rings. The summed E-state index contributed by atoms with van der Waals surface area (Å²) in [6.07, 6.45) is 2.22. The molecule has 0 saturated carbocycles. The second-order valence-corrected chi connectivity index (χ2v) is 4.69. The monoisotopic (exact) mass is 204 g/mol. The number of rotatable bonds is 2. The number of nitro groups is 1. The van der Waals surface area contributed by atoms with Crippen molar-refractivity contribution in [3.8, 4) is 0 Å². The van der Waals surface area contributed by atoms with Gasteiger partial charge in [0.25, 0.3) is 0 Å². The molecule has 0 aromatic carbocycles. The normalized spacial score (nSPS) is 11.5. The molecule has 13 heavy (non-hydrogen) atoms. The number of sulfone groups is 1. The fourth-order valence-electron chi connectivity index (χ4n) is 0.908. The predicted octanol–water partition coefficient (Wildman–Crippen LogP) is 0.337. The van der Waals surface area contributed by atoms with Gasteiger partial charge < -0.3 is 10.1 Å². The van der Waals surface area contributed by atoms with Crippen molar-refractivity contribution in [1.82, 2.24) is 4.57 Å². The first-order chi connectivity index (χ1) is 5.82. The Hall–Kier alpha value is -1.37. The molecule has 0 aliphatic carbocycles. The standard InChI is InChI=1S/C6H8N2O4S/c1-7-4-5(13(2,11)12)3-6(7)8(9)10/h3-4H,1-2H3. The van der Waals surface area contributed by atoms with E-state index in [-0.39, 0.29) is 10.7 Å². The summed E-state index contributed by atoms with van der Waals surface area (Å²) in [5, 5.41) is 10.4. The van der Waals surface area contributed by atoms with Crippen molar-refractivity contribution < 1.29 is 13.3 Å². The van der Waals surface area contributed by atoms with Crippen LogP contribution in [-0.2, 0) is 16.9 Å². The minimum Gasteiger partial charge on any atom is -0.358 e.